The van der Waals surface area contributed by atoms with Crippen LogP contribution >= 0.6 is 23.1 Å². The van der Waals surface area contributed by atoms with Gasteiger partial charge < -0.3 is 5.32 Å². The monoisotopic (exact) mass is 390 g/mol. The van der Waals surface area contributed by atoms with Gasteiger partial charge in [-0.05, 0) is 24.5 Å². The number of carbonyl (C=O) groups is 1. The van der Waals surface area contributed by atoms with Crippen LogP contribution in [0.25, 0.3) is 10.2 Å². The average molecular weight is 390 g/mol. The largest absolute Gasteiger partial charge is 0.322 e. The fraction of sp³-hybridized carbons (Fsp3) is 0.0667. The minimum Gasteiger partial charge on any atom is -0.322 e. The SMILES string of the molecule is CSc1nc2ccc(NC(=O)c3cc([N+](=O)[O-])cc([N+](=O)[O-])c3)cc2s1. The summed E-state index contributed by atoms with van der Waals surface area (Å²) < 4.78 is 1.76. The van der Waals surface area contributed by atoms with E-state index in [-0.39, 0.29) is 5.56 Å². The number of thiazole rings is 1. The van der Waals surface area contributed by atoms with E-state index < -0.39 is 27.1 Å². The highest BCUT2D eigenvalue weighted by Crippen LogP contribution is 2.30. The molecular weight excluding hydrogens is 380 g/mol. The first-order valence-electron chi connectivity index (χ1n) is 7.07. The Balaban J connectivity index is 1.92. The Morgan fingerprint density at radius 3 is 2.35 bits per heavy atom. The molecule has 2 aromatic carbocycles. The molecule has 0 unspecified atom stereocenters. The summed E-state index contributed by atoms with van der Waals surface area (Å²) in [7, 11) is 0. The number of benzene rings is 2. The van der Waals surface area contributed by atoms with Gasteiger partial charge in [0, 0.05) is 17.8 Å². The minimum absolute atomic E-state index is 0.167. The number of non-ortho nitro benzene ring substituents is 2. The van der Waals surface area contributed by atoms with Gasteiger partial charge in [-0.2, -0.15) is 0 Å². The summed E-state index contributed by atoms with van der Waals surface area (Å²) in [6.45, 7) is 0. The second kappa shape index (κ2) is 7.06. The lowest BCUT2D eigenvalue weighted by Crippen LogP contribution is -2.12. The molecule has 0 radical (unpaired) electrons. The van der Waals surface area contributed by atoms with Crippen LogP contribution in [0.3, 0.4) is 0 Å². The molecule has 3 rings (SSSR count). The number of carbonyl (C=O) groups excluding carboxylic acids is 1. The molecule has 1 heterocycles. The van der Waals surface area contributed by atoms with E-state index in [2.05, 4.69) is 10.3 Å². The summed E-state index contributed by atoms with van der Waals surface area (Å²) in [5.74, 6) is -0.675. The van der Waals surface area contributed by atoms with E-state index in [0.717, 1.165) is 32.8 Å². The number of amides is 1. The van der Waals surface area contributed by atoms with Gasteiger partial charge in [-0.15, -0.1) is 11.3 Å². The fourth-order valence-corrected chi connectivity index (χ4v) is 3.74. The molecule has 11 heteroatoms. The number of fused-ring (bicyclic) bond motifs is 1. The molecule has 0 saturated heterocycles. The maximum absolute atomic E-state index is 12.4. The Labute approximate surface area is 154 Å². The van der Waals surface area contributed by atoms with Gasteiger partial charge in [0.25, 0.3) is 17.3 Å². The van der Waals surface area contributed by atoms with Gasteiger partial charge in [0.05, 0.1) is 31.7 Å². The van der Waals surface area contributed by atoms with Crippen LogP contribution in [0.4, 0.5) is 17.1 Å². The van der Waals surface area contributed by atoms with Crippen molar-refractivity contribution in [2.75, 3.05) is 11.6 Å². The summed E-state index contributed by atoms with van der Waals surface area (Å²) >= 11 is 2.98. The van der Waals surface area contributed by atoms with E-state index in [1.165, 1.54) is 23.1 Å². The zero-order valence-electron chi connectivity index (χ0n) is 13.2. The molecule has 1 aromatic heterocycles. The highest BCUT2D eigenvalue weighted by Gasteiger charge is 2.20. The molecular formula is C15H10N4O5S2. The molecule has 0 aliphatic carbocycles. The van der Waals surface area contributed by atoms with E-state index in [1.807, 2.05) is 6.26 Å². The number of nitrogens with one attached hydrogen (secondary N) is 1. The van der Waals surface area contributed by atoms with E-state index in [1.54, 1.807) is 18.2 Å². The van der Waals surface area contributed by atoms with E-state index >= 15 is 0 Å². The number of anilines is 1. The molecule has 26 heavy (non-hydrogen) atoms. The first-order valence-corrected chi connectivity index (χ1v) is 9.11. The molecule has 3 aromatic rings. The van der Waals surface area contributed by atoms with Crippen molar-refractivity contribution in [3.63, 3.8) is 0 Å². The summed E-state index contributed by atoms with van der Waals surface area (Å²) in [6, 6.07) is 7.94. The molecule has 0 bridgehead atoms. The maximum Gasteiger partial charge on any atom is 0.277 e. The van der Waals surface area contributed by atoms with Crippen molar-refractivity contribution in [2.45, 2.75) is 4.34 Å². The molecule has 1 N–H and O–H groups in total. The minimum atomic E-state index is -0.781. The van der Waals surface area contributed by atoms with Gasteiger partial charge >= 0.3 is 0 Å². The lowest BCUT2D eigenvalue weighted by atomic mass is 10.1. The normalized spacial score (nSPS) is 10.7. The summed E-state index contributed by atoms with van der Waals surface area (Å²) in [4.78, 5) is 37.1. The number of nitro groups is 2. The number of nitrogens with zero attached hydrogens (tertiary/aromatic N) is 3. The molecule has 0 aliphatic heterocycles. The lowest BCUT2D eigenvalue weighted by Gasteiger charge is -2.05. The third-order valence-electron chi connectivity index (χ3n) is 3.39. The number of aromatic nitrogens is 1. The number of hydrogen-bond donors (Lipinski definition) is 1. The van der Waals surface area contributed by atoms with E-state index in [9.17, 15) is 25.0 Å². The Morgan fingerprint density at radius 2 is 1.77 bits per heavy atom. The summed E-state index contributed by atoms with van der Waals surface area (Å²) in [5, 5.41) is 24.5. The van der Waals surface area contributed by atoms with Crippen molar-refractivity contribution >= 4 is 56.3 Å². The number of hydrogen-bond acceptors (Lipinski definition) is 8. The molecule has 1 amide bonds. The molecule has 0 aliphatic rings. The van der Waals surface area contributed by atoms with Crippen LogP contribution in [-0.4, -0.2) is 27.0 Å². The molecule has 132 valence electrons. The van der Waals surface area contributed by atoms with Crippen LogP contribution in [0.2, 0.25) is 0 Å². The van der Waals surface area contributed by atoms with Crippen molar-refractivity contribution in [1.82, 2.24) is 4.98 Å². The average Bonchev–Trinajstić information content (AvgIpc) is 3.03. The van der Waals surface area contributed by atoms with Gasteiger partial charge in [0.15, 0.2) is 4.34 Å². The van der Waals surface area contributed by atoms with Gasteiger partial charge in [-0.1, -0.05) is 11.8 Å². The zero-order chi connectivity index (χ0) is 18.8. The van der Waals surface area contributed by atoms with Crippen LogP contribution in [0.5, 0.6) is 0 Å². The van der Waals surface area contributed by atoms with E-state index in [0.29, 0.717) is 5.69 Å². The maximum atomic E-state index is 12.4. The second-order valence-electron chi connectivity index (χ2n) is 5.07. The van der Waals surface area contributed by atoms with E-state index in [4.69, 9.17) is 0 Å². The first-order chi connectivity index (χ1) is 12.4. The molecule has 0 spiro atoms. The second-order valence-corrected chi connectivity index (χ2v) is 7.16. The Hall–Kier alpha value is -3.05. The van der Waals surface area contributed by atoms with Crippen molar-refractivity contribution in [3.8, 4) is 0 Å². The quantitative estimate of drug-likeness (QED) is 0.395. The Bertz CT molecular complexity index is 1020. The molecule has 0 fully saturated rings. The van der Waals surface area contributed by atoms with Crippen LogP contribution in [0.15, 0.2) is 40.7 Å². The predicted molar refractivity (Wildman–Crippen MR) is 99.1 cm³/mol. The Morgan fingerprint density at radius 1 is 1.12 bits per heavy atom. The van der Waals surface area contributed by atoms with Crippen LogP contribution < -0.4 is 5.32 Å². The topological polar surface area (TPSA) is 128 Å². The predicted octanol–water partition coefficient (Wildman–Crippen LogP) is 4.09. The van der Waals surface area contributed by atoms with Gasteiger partial charge in [0.1, 0.15) is 0 Å². The van der Waals surface area contributed by atoms with Crippen LogP contribution in [-0.2, 0) is 0 Å². The van der Waals surface area contributed by atoms with Crippen LogP contribution in [0, 0.1) is 20.2 Å². The van der Waals surface area contributed by atoms with Crippen molar-refractivity contribution in [3.05, 3.63) is 62.2 Å². The fourth-order valence-electron chi connectivity index (χ4n) is 2.21. The number of nitro benzene ring substituents is 2. The highest BCUT2D eigenvalue weighted by atomic mass is 32.2. The van der Waals surface area contributed by atoms with Gasteiger partial charge in [0.2, 0.25) is 0 Å². The molecule has 0 atom stereocenters. The summed E-state index contributed by atoms with van der Waals surface area (Å²) in [5.41, 5.74) is 0.0511. The Kier molecular flexibility index (Phi) is 4.82. The number of thioether (sulfide) groups is 1. The third-order valence-corrected chi connectivity index (χ3v) is 5.39. The van der Waals surface area contributed by atoms with Crippen molar-refractivity contribution < 1.29 is 14.6 Å². The number of rotatable bonds is 5. The molecule has 0 saturated carbocycles. The first kappa shape index (κ1) is 17.8. The van der Waals surface area contributed by atoms with Crippen molar-refractivity contribution in [2.24, 2.45) is 0 Å². The zero-order valence-corrected chi connectivity index (χ0v) is 14.8. The van der Waals surface area contributed by atoms with Gasteiger partial charge in [-0.3, -0.25) is 25.0 Å². The van der Waals surface area contributed by atoms with Crippen molar-refractivity contribution in [1.29, 1.82) is 0 Å². The smallest absolute Gasteiger partial charge is 0.277 e. The lowest BCUT2D eigenvalue weighted by molar-refractivity contribution is -0.394. The highest BCUT2D eigenvalue weighted by molar-refractivity contribution is 8.00. The molecule has 9 nitrogen and oxygen atoms in total. The van der Waals surface area contributed by atoms with Gasteiger partial charge in [-0.25, -0.2) is 4.98 Å². The third kappa shape index (κ3) is 3.63. The standard InChI is InChI=1S/C15H10N4O5S2/c1-25-15-17-12-3-2-9(6-13(12)26-15)16-14(20)8-4-10(18(21)22)7-11(5-8)19(23)24/h2-7H,1H3,(H,16,20). The summed E-state index contributed by atoms with van der Waals surface area (Å²) in [6.07, 6.45) is 1.91. The van der Waals surface area contributed by atoms with Crippen LogP contribution in [0.1, 0.15) is 10.4 Å².